The molecule has 6 heteroatoms. The molecule has 2 aliphatic heterocycles. The molecule has 1 atom stereocenters. The van der Waals surface area contributed by atoms with Crippen LogP contribution in [0.3, 0.4) is 0 Å². The van der Waals surface area contributed by atoms with E-state index in [0.717, 1.165) is 41.5 Å². The van der Waals surface area contributed by atoms with E-state index in [-0.39, 0.29) is 17.0 Å². The third-order valence-electron chi connectivity index (χ3n) is 4.97. The molecular weight excluding hydrogens is 356 g/mol. The van der Waals surface area contributed by atoms with E-state index < -0.39 is 0 Å². The van der Waals surface area contributed by atoms with Crippen molar-refractivity contribution in [1.82, 2.24) is 4.90 Å². The number of carbonyl (C=O) groups is 1. The summed E-state index contributed by atoms with van der Waals surface area (Å²) in [6, 6.07) is 12.0. The molecule has 4 rings (SSSR count). The van der Waals surface area contributed by atoms with Gasteiger partial charge in [0.15, 0.2) is 0 Å². The first-order valence-corrected chi connectivity index (χ1v) is 10.3. The van der Waals surface area contributed by atoms with Crippen molar-refractivity contribution in [2.45, 2.75) is 44.7 Å². The molecule has 0 bridgehead atoms. The first-order chi connectivity index (χ1) is 12.9. The number of anilines is 2. The lowest BCUT2D eigenvalue weighted by atomic mass is 9.84. The van der Waals surface area contributed by atoms with Gasteiger partial charge in [-0.15, -0.1) is 11.3 Å². The molecule has 142 valence electrons. The summed E-state index contributed by atoms with van der Waals surface area (Å²) in [5, 5.41) is 9.25. The zero-order chi connectivity index (χ0) is 19.1. The number of fused-ring (bicyclic) bond motifs is 1. The van der Waals surface area contributed by atoms with Crippen molar-refractivity contribution in [3.63, 3.8) is 0 Å². The number of piperidine rings is 1. The van der Waals surface area contributed by atoms with Gasteiger partial charge in [0.25, 0.3) is 5.91 Å². The highest BCUT2D eigenvalue weighted by Crippen LogP contribution is 2.37. The normalized spacial score (nSPS) is 23.7. The molecule has 0 aliphatic carbocycles. The predicted octanol–water partition coefficient (Wildman–Crippen LogP) is 4.46. The number of aliphatic imine (C=N–C) groups is 1. The molecular formula is C21H26N4OS. The van der Waals surface area contributed by atoms with Gasteiger partial charge in [0.05, 0.1) is 28.3 Å². The molecule has 1 aromatic heterocycles. The Morgan fingerprint density at radius 3 is 2.67 bits per heavy atom. The summed E-state index contributed by atoms with van der Waals surface area (Å²) < 4.78 is 0. The minimum Gasteiger partial charge on any atom is -0.370 e. The van der Waals surface area contributed by atoms with Gasteiger partial charge in [0, 0.05) is 6.54 Å². The van der Waals surface area contributed by atoms with Crippen LogP contribution in [0.2, 0.25) is 0 Å². The third-order valence-corrected chi connectivity index (χ3v) is 5.82. The number of benzene rings is 1. The van der Waals surface area contributed by atoms with Crippen LogP contribution in [0, 0.1) is 0 Å². The van der Waals surface area contributed by atoms with Gasteiger partial charge in [-0.05, 0) is 57.2 Å². The molecule has 1 aromatic carbocycles. The summed E-state index contributed by atoms with van der Waals surface area (Å²) in [4.78, 5) is 20.7. The molecule has 1 fully saturated rings. The molecule has 1 amide bonds. The van der Waals surface area contributed by atoms with E-state index in [2.05, 4.69) is 43.5 Å². The van der Waals surface area contributed by atoms with Gasteiger partial charge in [-0.3, -0.25) is 9.79 Å². The highest BCUT2D eigenvalue weighted by atomic mass is 32.1. The number of hydrogen-bond donors (Lipinski definition) is 2. The summed E-state index contributed by atoms with van der Waals surface area (Å²) in [5.74, 6) is 1.04. The smallest absolute Gasteiger partial charge is 0.264 e. The second kappa shape index (κ2) is 6.68. The average molecular weight is 383 g/mol. The van der Waals surface area contributed by atoms with Crippen LogP contribution in [0.4, 0.5) is 11.4 Å². The second-order valence-electron chi connectivity index (χ2n) is 8.32. The van der Waals surface area contributed by atoms with Crippen LogP contribution in [0.5, 0.6) is 0 Å². The minimum absolute atomic E-state index is 0.111. The van der Waals surface area contributed by atoms with E-state index in [1.807, 2.05) is 34.5 Å². The topological polar surface area (TPSA) is 56.7 Å². The van der Waals surface area contributed by atoms with E-state index >= 15 is 0 Å². The summed E-state index contributed by atoms with van der Waals surface area (Å²) in [6.45, 7) is 7.71. The maximum Gasteiger partial charge on any atom is 0.264 e. The maximum absolute atomic E-state index is 13.0. The quantitative estimate of drug-likeness (QED) is 0.766. The highest BCUT2D eigenvalue weighted by Gasteiger charge is 2.45. The van der Waals surface area contributed by atoms with Crippen LogP contribution >= 0.6 is 11.3 Å². The van der Waals surface area contributed by atoms with E-state index in [1.54, 1.807) is 0 Å². The Labute approximate surface area is 164 Å². The zero-order valence-electron chi connectivity index (χ0n) is 16.1. The van der Waals surface area contributed by atoms with Crippen molar-refractivity contribution in [1.29, 1.82) is 0 Å². The molecule has 0 saturated carbocycles. The van der Waals surface area contributed by atoms with E-state index in [1.165, 1.54) is 11.3 Å². The number of rotatable bonds is 1. The van der Waals surface area contributed by atoms with Gasteiger partial charge >= 0.3 is 0 Å². The van der Waals surface area contributed by atoms with Crippen molar-refractivity contribution >= 4 is 34.5 Å². The lowest BCUT2D eigenvalue weighted by Crippen LogP contribution is -2.62. The SMILES string of the molecule is CC(C)(C)N=C1Nc2ccccc2NC12CCCN(C(=O)c1cccs1)C2. The Hall–Kier alpha value is -2.34. The third kappa shape index (κ3) is 3.58. The molecule has 5 nitrogen and oxygen atoms in total. The van der Waals surface area contributed by atoms with Crippen molar-refractivity contribution < 1.29 is 4.79 Å². The standard InChI is InChI=1S/C21H26N4OS/c1-20(2,3)24-19-21(23-16-9-5-4-8-15(16)22-19)11-7-12-25(14-21)18(26)17-10-6-13-27-17/h4-6,8-10,13,23H,7,11-12,14H2,1-3H3,(H,22,24). The number of hydrogen-bond acceptors (Lipinski definition) is 4. The Kier molecular flexibility index (Phi) is 4.46. The molecule has 2 N–H and O–H groups in total. The van der Waals surface area contributed by atoms with Gasteiger partial charge in [-0.25, -0.2) is 0 Å². The van der Waals surface area contributed by atoms with Crippen molar-refractivity contribution in [2.75, 3.05) is 23.7 Å². The van der Waals surface area contributed by atoms with Crippen molar-refractivity contribution in [3.8, 4) is 0 Å². The Morgan fingerprint density at radius 2 is 1.96 bits per heavy atom. The largest absolute Gasteiger partial charge is 0.370 e. The van der Waals surface area contributed by atoms with Gasteiger partial charge < -0.3 is 15.5 Å². The summed E-state index contributed by atoms with van der Waals surface area (Å²) in [6.07, 6.45) is 1.88. The Bertz CT molecular complexity index is 869. The fraction of sp³-hybridized carbons (Fsp3) is 0.429. The zero-order valence-corrected chi connectivity index (χ0v) is 16.9. The number of nitrogens with one attached hydrogen (secondary N) is 2. The maximum atomic E-state index is 13.0. The number of amides is 1. The van der Waals surface area contributed by atoms with Crippen molar-refractivity contribution in [2.24, 2.45) is 4.99 Å². The molecule has 1 unspecified atom stereocenters. The van der Waals surface area contributed by atoms with Gasteiger partial charge in [-0.2, -0.15) is 0 Å². The molecule has 2 aliphatic rings. The molecule has 27 heavy (non-hydrogen) atoms. The van der Waals surface area contributed by atoms with E-state index in [9.17, 15) is 4.79 Å². The lowest BCUT2D eigenvalue weighted by Gasteiger charge is -2.47. The van der Waals surface area contributed by atoms with Crippen LogP contribution in [-0.2, 0) is 0 Å². The van der Waals surface area contributed by atoms with Crippen LogP contribution in [0.15, 0.2) is 46.8 Å². The number of carbonyl (C=O) groups excluding carboxylic acids is 1. The fourth-order valence-corrected chi connectivity index (χ4v) is 4.51. The molecule has 1 spiro atoms. The first-order valence-electron chi connectivity index (χ1n) is 9.44. The summed E-state index contributed by atoms with van der Waals surface area (Å²) >= 11 is 1.50. The van der Waals surface area contributed by atoms with E-state index in [0.29, 0.717) is 6.54 Å². The number of amidine groups is 1. The van der Waals surface area contributed by atoms with Gasteiger partial charge in [0.2, 0.25) is 0 Å². The molecule has 1 saturated heterocycles. The summed E-state index contributed by atoms with van der Waals surface area (Å²) in [5.41, 5.74) is 1.51. The van der Waals surface area contributed by atoms with Crippen LogP contribution < -0.4 is 10.6 Å². The summed E-state index contributed by atoms with van der Waals surface area (Å²) in [7, 11) is 0. The van der Waals surface area contributed by atoms with E-state index in [4.69, 9.17) is 4.99 Å². The second-order valence-corrected chi connectivity index (χ2v) is 9.26. The molecule has 0 radical (unpaired) electrons. The number of nitrogens with zero attached hydrogens (tertiary/aromatic N) is 2. The molecule has 3 heterocycles. The van der Waals surface area contributed by atoms with Crippen LogP contribution in [0.1, 0.15) is 43.3 Å². The van der Waals surface area contributed by atoms with Crippen molar-refractivity contribution in [3.05, 3.63) is 46.7 Å². The lowest BCUT2D eigenvalue weighted by molar-refractivity contribution is 0.0699. The Balaban J connectivity index is 1.71. The fourth-order valence-electron chi connectivity index (χ4n) is 3.82. The highest BCUT2D eigenvalue weighted by molar-refractivity contribution is 7.12. The van der Waals surface area contributed by atoms with Gasteiger partial charge in [0.1, 0.15) is 11.4 Å². The average Bonchev–Trinajstić information content (AvgIpc) is 3.15. The minimum atomic E-state index is -0.382. The Morgan fingerprint density at radius 1 is 1.19 bits per heavy atom. The number of likely N-dealkylation sites (tertiary alicyclic amines) is 1. The molecule has 2 aromatic rings. The van der Waals surface area contributed by atoms with Crippen LogP contribution in [0.25, 0.3) is 0 Å². The monoisotopic (exact) mass is 382 g/mol. The predicted molar refractivity (Wildman–Crippen MR) is 113 cm³/mol. The first kappa shape index (κ1) is 18.0. The van der Waals surface area contributed by atoms with Gasteiger partial charge in [-0.1, -0.05) is 18.2 Å². The number of thiophene rings is 1. The van der Waals surface area contributed by atoms with Crippen LogP contribution in [-0.4, -0.2) is 40.8 Å². The number of para-hydroxylation sites is 2.